The van der Waals surface area contributed by atoms with Crippen LogP contribution in [0.1, 0.15) is 24.8 Å². The Morgan fingerprint density at radius 2 is 2.38 bits per heavy atom. The minimum atomic E-state index is -0.313. The first-order valence-corrected chi connectivity index (χ1v) is 8.47. The number of halogens is 1. The number of hydrogen-bond donors (Lipinski definition) is 1. The van der Waals surface area contributed by atoms with Crippen LogP contribution in [0.3, 0.4) is 0 Å². The standard InChI is InChI=1S/C18H25FN2O3/c1-13-4-5-14(10-15(13)19)20-17(22)11-21-8-6-16(23-2)18(12-21)7-3-9-24-18/h4-5,10,16H,3,6-9,11-12H2,1-2H3,(H,20,22)/t16-,18-/m0/s1. The van der Waals surface area contributed by atoms with Gasteiger partial charge in [-0.3, -0.25) is 9.69 Å². The maximum atomic E-state index is 13.6. The Hall–Kier alpha value is -1.50. The molecule has 0 saturated carbocycles. The van der Waals surface area contributed by atoms with Gasteiger partial charge in [-0.25, -0.2) is 4.39 Å². The van der Waals surface area contributed by atoms with E-state index in [1.165, 1.54) is 6.07 Å². The highest BCUT2D eigenvalue weighted by Gasteiger charge is 2.47. The van der Waals surface area contributed by atoms with Gasteiger partial charge in [0.1, 0.15) is 11.4 Å². The summed E-state index contributed by atoms with van der Waals surface area (Å²) >= 11 is 0. The highest BCUT2D eigenvalue weighted by atomic mass is 19.1. The number of rotatable bonds is 4. The molecule has 0 radical (unpaired) electrons. The third-order valence-electron chi connectivity index (χ3n) is 5.03. The summed E-state index contributed by atoms with van der Waals surface area (Å²) in [5.41, 5.74) is 0.764. The van der Waals surface area contributed by atoms with Crippen molar-refractivity contribution in [3.63, 3.8) is 0 Å². The van der Waals surface area contributed by atoms with Crippen LogP contribution in [0.25, 0.3) is 0 Å². The van der Waals surface area contributed by atoms with Crippen molar-refractivity contribution in [1.82, 2.24) is 4.90 Å². The zero-order chi connectivity index (χ0) is 17.2. The molecule has 2 atom stereocenters. The normalized spacial score (nSPS) is 27.5. The molecule has 0 unspecified atom stereocenters. The van der Waals surface area contributed by atoms with Crippen molar-refractivity contribution in [3.8, 4) is 0 Å². The zero-order valence-electron chi connectivity index (χ0n) is 14.3. The number of anilines is 1. The average Bonchev–Trinajstić information content (AvgIpc) is 3.00. The molecule has 1 aromatic carbocycles. The summed E-state index contributed by atoms with van der Waals surface area (Å²) in [6.07, 6.45) is 2.93. The van der Waals surface area contributed by atoms with Crippen LogP contribution in [0, 0.1) is 12.7 Å². The van der Waals surface area contributed by atoms with Gasteiger partial charge in [0.25, 0.3) is 0 Å². The van der Waals surface area contributed by atoms with E-state index in [2.05, 4.69) is 10.2 Å². The second-order valence-electron chi connectivity index (χ2n) is 6.75. The lowest BCUT2D eigenvalue weighted by Crippen LogP contribution is -2.58. The smallest absolute Gasteiger partial charge is 0.238 e. The Bertz CT molecular complexity index is 602. The van der Waals surface area contributed by atoms with Gasteiger partial charge in [0, 0.05) is 32.5 Å². The van der Waals surface area contributed by atoms with Crippen molar-refractivity contribution in [2.24, 2.45) is 0 Å². The highest BCUT2D eigenvalue weighted by molar-refractivity contribution is 5.92. The fourth-order valence-corrected chi connectivity index (χ4v) is 3.76. The molecule has 2 saturated heterocycles. The Labute approximate surface area is 142 Å². The summed E-state index contributed by atoms with van der Waals surface area (Å²) in [5.74, 6) is -0.450. The topological polar surface area (TPSA) is 50.8 Å². The summed E-state index contributed by atoms with van der Waals surface area (Å²) in [4.78, 5) is 14.4. The van der Waals surface area contributed by atoms with E-state index < -0.39 is 0 Å². The molecule has 0 bridgehead atoms. The highest BCUT2D eigenvalue weighted by Crippen LogP contribution is 2.36. The number of nitrogens with zero attached hydrogens (tertiary/aromatic N) is 1. The third-order valence-corrected chi connectivity index (χ3v) is 5.03. The number of methoxy groups -OCH3 is 1. The molecule has 24 heavy (non-hydrogen) atoms. The van der Waals surface area contributed by atoms with E-state index in [0.717, 1.165) is 32.4 Å². The van der Waals surface area contributed by atoms with Crippen molar-refractivity contribution in [2.45, 2.75) is 37.9 Å². The van der Waals surface area contributed by atoms with Gasteiger partial charge in [-0.2, -0.15) is 0 Å². The predicted molar refractivity (Wildman–Crippen MR) is 89.5 cm³/mol. The molecule has 1 amide bonds. The Morgan fingerprint density at radius 1 is 1.54 bits per heavy atom. The van der Waals surface area contributed by atoms with E-state index >= 15 is 0 Å². The van der Waals surface area contributed by atoms with Crippen LogP contribution in [0.5, 0.6) is 0 Å². The maximum Gasteiger partial charge on any atom is 0.238 e. The van der Waals surface area contributed by atoms with Crippen LogP contribution < -0.4 is 5.32 Å². The Kier molecular flexibility index (Phi) is 5.18. The molecule has 0 aliphatic carbocycles. The number of carbonyl (C=O) groups is 1. The van der Waals surface area contributed by atoms with E-state index in [4.69, 9.17) is 9.47 Å². The molecule has 2 aliphatic rings. The Morgan fingerprint density at radius 3 is 3.04 bits per heavy atom. The summed E-state index contributed by atoms with van der Waals surface area (Å²) in [5, 5.41) is 2.77. The van der Waals surface area contributed by atoms with E-state index in [0.29, 0.717) is 17.8 Å². The summed E-state index contributed by atoms with van der Waals surface area (Å²) in [6, 6.07) is 4.73. The molecular weight excluding hydrogens is 311 g/mol. The molecule has 1 spiro atoms. The van der Waals surface area contributed by atoms with Crippen molar-refractivity contribution >= 4 is 11.6 Å². The van der Waals surface area contributed by atoms with Crippen LogP contribution in [0.15, 0.2) is 18.2 Å². The molecule has 2 fully saturated rings. The van der Waals surface area contributed by atoms with Crippen LogP contribution >= 0.6 is 0 Å². The summed E-state index contributed by atoms with van der Waals surface area (Å²) in [7, 11) is 1.72. The molecule has 5 nitrogen and oxygen atoms in total. The number of hydrogen-bond acceptors (Lipinski definition) is 4. The fraction of sp³-hybridized carbons (Fsp3) is 0.611. The lowest BCUT2D eigenvalue weighted by Gasteiger charge is -2.44. The zero-order valence-corrected chi connectivity index (χ0v) is 14.3. The van der Waals surface area contributed by atoms with Crippen molar-refractivity contribution in [1.29, 1.82) is 0 Å². The fourth-order valence-electron chi connectivity index (χ4n) is 3.76. The minimum Gasteiger partial charge on any atom is -0.378 e. The lowest BCUT2D eigenvalue weighted by atomic mass is 9.87. The monoisotopic (exact) mass is 336 g/mol. The van der Waals surface area contributed by atoms with Crippen LogP contribution in [-0.4, -0.2) is 55.9 Å². The maximum absolute atomic E-state index is 13.6. The van der Waals surface area contributed by atoms with Crippen LogP contribution in [-0.2, 0) is 14.3 Å². The molecule has 1 N–H and O–H groups in total. The summed E-state index contributed by atoms with van der Waals surface area (Å²) < 4.78 is 25.2. The second-order valence-corrected chi connectivity index (χ2v) is 6.75. The largest absolute Gasteiger partial charge is 0.378 e. The lowest BCUT2D eigenvalue weighted by molar-refractivity contribution is -0.146. The first kappa shape index (κ1) is 17.3. The van der Waals surface area contributed by atoms with Crippen molar-refractivity contribution < 1.29 is 18.7 Å². The van der Waals surface area contributed by atoms with Gasteiger partial charge >= 0.3 is 0 Å². The number of likely N-dealkylation sites (tertiary alicyclic amines) is 1. The van der Waals surface area contributed by atoms with Gasteiger partial charge < -0.3 is 14.8 Å². The number of ether oxygens (including phenoxy) is 2. The van der Waals surface area contributed by atoms with Gasteiger partial charge in [-0.05, 0) is 43.9 Å². The van der Waals surface area contributed by atoms with Gasteiger partial charge in [0.2, 0.25) is 5.91 Å². The quantitative estimate of drug-likeness (QED) is 0.917. The predicted octanol–water partition coefficient (Wildman–Crippen LogP) is 2.34. The van der Waals surface area contributed by atoms with E-state index in [9.17, 15) is 9.18 Å². The van der Waals surface area contributed by atoms with E-state index in [1.54, 1.807) is 26.2 Å². The van der Waals surface area contributed by atoms with Gasteiger partial charge in [0.05, 0.1) is 12.6 Å². The molecular formula is C18H25FN2O3. The first-order valence-electron chi connectivity index (χ1n) is 8.47. The van der Waals surface area contributed by atoms with Crippen LogP contribution in [0.4, 0.5) is 10.1 Å². The number of amides is 1. The number of aryl methyl sites for hydroxylation is 1. The SMILES string of the molecule is CO[C@H]1CCN(CC(=O)Nc2ccc(C)c(F)c2)C[C@@]12CCCO2. The number of carbonyl (C=O) groups excluding carboxylic acids is 1. The molecule has 6 heteroatoms. The van der Waals surface area contributed by atoms with Crippen molar-refractivity contribution in [2.75, 3.05) is 38.7 Å². The van der Waals surface area contributed by atoms with Crippen molar-refractivity contribution in [3.05, 3.63) is 29.6 Å². The first-order chi connectivity index (χ1) is 11.5. The number of benzene rings is 1. The van der Waals surface area contributed by atoms with Gasteiger partial charge in [-0.1, -0.05) is 6.07 Å². The second kappa shape index (κ2) is 7.17. The molecule has 3 rings (SSSR count). The average molecular weight is 336 g/mol. The van der Waals surface area contributed by atoms with E-state index in [1.807, 2.05) is 0 Å². The minimum absolute atomic E-state index is 0.0884. The Balaban J connectivity index is 1.59. The number of nitrogens with one attached hydrogen (secondary N) is 1. The van der Waals surface area contributed by atoms with Gasteiger partial charge in [0.15, 0.2) is 0 Å². The summed E-state index contributed by atoms with van der Waals surface area (Å²) in [6.45, 7) is 4.21. The molecule has 0 aromatic heterocycles. The van der Waals surface area contributed by atoms with Gasteiger partial charge in [-0.15, -0.1) is 0 Å². The molecule has 1 aromatic rings. The molecule has 132 valence electrons. The van der Waals surface area contributed by atoms with E-state index in [-0.39, 0.29) is 30.0 Å². The molecule has 2 aliphatic heterocycles. The number of piperidine rings is 1. The molecule has 2 heterocycles. The third kappa shape index (κ3) is 3.61. The van der Waals surface area contributed by atoms with Crippen LogP contribution in [0.2, 0.25) is 0 Å².